The summed E-state index contributed by atoms with van der Waals surface area (Å²) in [5.41, 5.74) is 0.206. The minimum absolute atomic E-state index is 0.159. The fourth-order valence-electron chi connectivity index (χ4n) is 0.914. The summed E-state index contributed by atoms with van der Waals surface area (Å²) in [4.78, 5) is 26.6. The highest BCUT2D eigenvalue weighted by atomic mass is 16.7. The maximum absolute atomic E-state index is 11.0. The number of hydrogen-bond donors (Lipinski definition) is 1. The predicted octanol–water partition coefficient (Wildman–Crippen LogP) is -0.950. The van der Waals surface area contributed by atoms with Gasteiger partial charge < -0.3 is 14.9 Å². The Morgan fingerprint density at radius 3 is 2.92 bits per heavy atom. The van der Waals surface area contributed by atoms with Gasteiger partial charge in [0, 0.05) is 13.5 Å². The van der Waals surface area contributed by atoms with Crippen molar-refractivity contribution in [2.75, 3.05) is 14.2 Å². The smallest absolute Gasteiger partial charge is 0.350 e. The summed E-state index contributed by atoms with van der Waals surface area (Å²) in [7, 11) is 2.74. The molecule has 0 aromatic rings. The number of methoxy groups -OCH3 is 1. The van der Waals surface area contributed by atoms with Gasteiger partial charge in [-0.05, 0) is 0 Å². The highest BCUT2D eigenvalue weighted by Crippen LogP contribution is 2.11. The third kappa shape index (κ3) is 1.95. The van der Waals surface area contributed by atoms with Crippen LogP contribution in [0.1, 0.15) is 6.42 Å². The molecule has 1 unspecified atom stereocenters. The van der Waals surface area contributed by atoms with Gasteiger partial charge in [-0.1, -0.05) is 5.16 Å². The molecule has 0 aromatic heterocycles. The molecule has 13 heavy (non-hydrogen) atoms. The van der Waals surface area contributed by atoms with Gasteiger partial charge in [-0.15, -0.1) is 0 Å². The van der Waals surface area contributed by atoms with Gasteiger partial charge in [0.05, 0.1) is 7.11 Å². The summed E-state index contributed by atoms with van der Waals surface area (Å²) in [6, 6.07) is 0. The maximum Gasteiger partial charge on any atom is 0.350 e. The van der Waals surface area contributed by atoms with Gasteiger partial charge in [0.1, 0.15) is 5.71 Å². The van der Waals surface area contributed by atoms with E-state index < -0.39 is 12.1 Å². The Labute approximate surface area is 74.9 Å². The van der Waals surface area contributed by atoms with Crippen molar-refractivity contribution in [2.45, 2.75) is 12.5 Å². The second kappa shape index (κ2) is 3.88. The summed E-state index contributed by atoms with van der Waals surface area (Å²) in [5.74, 6) is -0.867. The van der Waals surface area contributed by atoms with Gasteiger partial charge >= 0.3 is 5.97 Å². The van der Waals surface area contributed by atoms with Crippen molar-refractivity contribution in [2.24, 2.45) is 5.16 Å². The molecule has 0 bridgehead atoms. The largest absolute Gasteiger partial charge is 0.466 e. The van der Waals surface area contributed by atoms with E-state index in [9.17, 15) is 9.59 Å². The van der Waals surface area contributed by atoms with E-state index in [1.54, 1.807) is 0 Å². The molecule has 1 aliphatic rings. The van der Waals surface area contributed by atoms with Crippen molar-refractivity contribution in [3.05, 3.63) is 0 Å². The van der Waals surface area contributed by atoms with Crippen molar-refractivity contribution in [1.82, 2.24) is 5.32 Å². The zero-order chi connectivity index (χ0) is 9.84. The number of ether oxygens (including phenoxy) is 1. The molecule has 1 amide bonds. The summed E-state index contributed by atoms with van der Waals surface area (Å²) in [6.45, 7) is 0. The van der Waals surface area contributed by atoms with E-state index in [2.05, 4.69) is 15.2 Å². The first-order chi connectivity index (χ1) is 6.19. The average molecular weight is 186 g/mol. The van der Waals surface area contributed by atoms with Gasteiger partial charge in [0.25, 0.3) is 5.91 Å². The van der Waals surface area contributed by atoms with Crippen LogP contribution in [0.25, 0.3) is 0 Å². The van der Waals surface area contributed by atoms with Gasteiger partial charge in [-0.3, -0.25) is 4.79 Å². The molecule has 0 fully saturated rings. The summed E-state index contributed by atoms with van der Waals surface area (Å²) < 4.78 is 4.43. The van der Waals surface area contributed by atoms with Crippen LogP contribution >= 0.6 is 0 Å². The lowest BCUT2D eigenvalue weighted by Gasteiger charge is -2.03. The predicted molar refractivity (Wildman–Crippen MR) is 43.0 cm³/mol. The lowest BCUT2D eigenvalue weighted by atomic mass is 10.2. The number of carbonyl (C=O) groups is 2. The Bertz CT molecular complexity index is 261. The maximum atomic E-state index is 11.0. The molecule has 1 N–H and O–H groups in total. The molecule has 1 atom stereocenters. The van der Waals surface area contributed by atoms with Crippen molar-refractivity contribution in [3.8, 4) is 0 Å². The first kappa shape index (κ1) is 9.50. The molecular formula is C7H10N2O4. The second-order valence-electron chi connectivity index (χ2n) is 2.44. The topological polar surface area (TPSA) is 77.0 Å². The van der Waals surface area contributed by atoms with Gasteiger partial charge in [0.2, 0.25) is 6.10 Å². The number of carbonyl (C=O) groups excluding carboxylic acids is 2. The fourth-order valence-corrected chi connectivity index (χ4v) is 0.914. The van der Waals surface area contributed by atoms with Crippen molar-refractivity contribution in [3.63, 3.8) is 0 Å². The van der Waals surface area contributed by atoms with Gasteiger partial charge in [0.15, 0.2) is 0 Å². The highest BCUT2D eigenvalue weighted by Gasteiger charge is 2.31. The fraction of sp³-hybridized carbons (Fsp3) is 0.571. The van der Waals surface area contributed by atoms with Crippen LogP contribution in [0.4, 0.5) is 0 Å². The molecule has 0 aliphatic carbocycles. The van der Waals surface area contributed by atoms with E-state index in [0.717, 1.165) is 0 Å². The summed E-state index contributed by atoms with van der Waals surface area (Å²) in [6.07, 6.45) is -0.621. The van der Waals surface area contributed by atoms with Crippen LogP contribution in [-0.4, -0.2) is 37.8 Å². The van der Waals surface area contributed by atoms with E-state index in [4.69, 9.17) is 4.84 Å². The Morgan fingerprint density at radius 2 is 2.38 bits per heavy atom. The zero-order valence-corrected chi connectivity index (χ0v) is 7.36. The van der Waals surface area contributed by atoms with Crippen LogP contribution < -0.4 is 5.32 Å². The summed E-state index contributed by atoms with van der Waals surface area (Å²) in [5, 5.41) is 5.84. The molecule has 1 rings (SSSR count). The molecule has 1 heterocycles. The first-order valence-corrected chi connectivity index (χ1v) is 3.71. The zero-order valence-electron chi connectivity index (χ0n) is 7.36. The molecule has 6 nitrogen and oxygen atoms in total. The number of hydrogen-bond acceptors (Lipinski definition) is 5. The highest BCUT2D eigenvalue weighted by molar-refractivity contribution is 6.39. The van der Waals surface area contributed by atoms with Crippen LogP contribution in [0.15, 0.2) is 5.16 Å². The van der Waals surface area contributed by atoms with Crippen LogP contribution in [0.2, 0.25) is 0 Å². The second-order valence-corrected chi connectivity index (χ2v) is 2.44. The molecule has 1 aliphatic heterocycles. The molecule has 72 valence electrons. The number of oxime groups is 1. The minimum Gasteiger partial charge on any atom is -0.466 e. The monoisotopic (exact) mass is 186 g/mol. The molecule has 0 saturated heterocycles. The van der Waals surface area contributed by atoms with Gasteiger partial charge in [-0.2, -0.15) is 0 Å². The lowest BCUT2D eigenvalue weighted by molar-refractivity contribution is -0.152. The third-order valence-corrected chi connectivity index (χ3v) is 1.62. The van der Waals surface area contributed by atoms with E-state index in [-0.39, 0.29) is 18.0 Å². The SMILES string of the molecule is CNC(=O)C1=NOC(C(=O)OC)C1. The molecule has 0 aromatic carbocycles. The Hall–Kier alpha value is -1.59. The van der Waals surface area contributed by atoms with Crippen molar-refractivity contribution in [1.29, 1.82) is 0 Å². The Balaban J connectivity index is 2.51. The number of rotatable bonds is 2. The van der Waals surface area contributed by atoms with Gasteiger partial charge in [-0.25, -0.2) is 4.79 Å². The minimum atomic E-state index is -0.780. The molecule has 6 heteroatoms. The molecule has 0 radical (unpaired) electrons. The van der Waals surface area contributed by atoms with Crippen LogP contribution in [0.5, 0.6) is 0 Å². The number of nitrogens with one attached hydrogen (secondary N) is 1. The quantitative estimate of drug-likeness (QED) is 0.564. The molecular weight excluding hydrogens is 176 g/mol. The standard InChI is InChI=1S/C7H10N2O4/c1-8-6(10)4-3-5(13-9-4)7(11)12-2/h5H,3H2,1-2H3,(H,8,10). The lowest BCUT2D eigenvalue weighted by Crippen LogP contribution is -2.29. The molecule has 0 saturated carbocycles. The number of amides is 1. The number of nitrogens with zero attached hydrogens (tertiary/aromatic N) is 1. The van der Waals surface area contributed by atoms with E-state index >= 15 is 0 Å². The first-order valence-electron chi connectivity index (χ1n) is 3.71. The third-order valence-electron chi connectivity index (χ3n) is 1.62. The Morgan fingerprint density at radius 1 is 1.69 bits per heavy atom. The number of esters is 1. The van der Waals surface area contributed by atoms with Crippen molar-refractivity contribution >= 4 is 17.6 Å². The van der Waals surface area contributed by atoms with Crippen molar-refractivity contribution < 1.29 is 19.2 Å². The van der Waals surface area contributed by atoms with E-state index in [1.165, 1.54) is 14.2 Å². The van der Waals surface area contributed by atoms with E-state index in [1.807, 2.05) is 0 Å². The van der Waals surface area contributed by atoms with Crippen LogP contribution in [0.3, 0.4) is 0 Å². The van der Waals surface area contributed by atoms with Crippen LogP contribution in [-0.2, 0) is 19.2 Å². The summed E-state index contributed by atoms with van der Waals surface area (Å²) >= 11 is 0. The normalized spacial score (nSPS) is 20.2. The Kier molecular flexibility index (Phi) is 2.84. The molecule has 0 spiro atoms. The van der Waals surface area contributed by atoms with Crippen LogP contribution in [0, 0.1) is 0 Å². The van der Waals surface area contributed by atoms with E-state index in [0.29, 0.717) is 0 Å². The average Bonchev–Trinajstić information content (AvgIpc) is 2.64.